The van der Waals surface area contributed by atoms with E-state index in [-0.39, 0.29) is 11.8 Å². The molecule has 28 heavy (non-hydrogen) atoms. The first-order valence-corrected chi connectivity index (χ1v) is 10.4. The Morgan fingerprint density at radius 3 is 3.07 bits per heavy atom. The first kappa shape index (κ1) is 17.4. The molecular weight excluding hydrogens is 352 g/mol. The molecule has 1 aliphatic heterocycles. The van der Waals surface area contributed by atoms with Crippen molar-refractivity contribution in [1.82, 2.24) is 29.7 Å². The number of aryl methyl sites for hydroxylation is 2. The second kappa shape index (κ2) is 7.37. The molecule has 2 aliphatic rings. The van der Waals surface area contributed by atoms with Crippen LogP contribution in [0.1, 0.15) is 60.8 Å². The Balaban J connectivity index is 1.25. The van der Waals surface area contributed by atoms with Gasteiger partial charge < -0.3 is 4.90 Å². The molecule has 1 unspecified atom stereocenters. The largest absolute Gasteiger partial charge is 0.342 e. The zero-order valence-corrected chi connectivity index (χ0v) is 16.1. The third-order valence-electron chi connectivity index (χ3n) is 6.20. The molecule has 0 bridgehead atoms. The van der Waals surface area contributed by atoms with Crippen LogP contribution >= 0.6 is 0 Å². The van der Waals surface area contributed by atoms with E-state index in [0.29, 0.717) is 6.42 Å². The molecule has 7 nitrogen and oxygen atoms in total. The topological polar surface area (TPSA) is 79.2 Å². The van der Waals surface area contributed by atoms with Crippen molar-refractivity contribution in [3.05, 3.63) is 47.2 Å². The maximum absolute atomic E-state index is 12.9. The second-order valence-electron chi connectivity index (χ2n) is 8.00. The van der Waals surface area contributed by atoms with E-state index in [9.17, 15) is 4.79 Å². The fraction of sp³-hybridized carbons (Fsp3) is 0.524. The molecule has 5 rings (SSSR count). The second-order valence-corrected chi connectivity index (χ2v) is 8.00. The number of nitrogens with one attached hydrogen (secondary N) is 1. The summed E-state index contributed by atoms with van der Waals surface area (Å²) in [6.07, 6.45) is 9.99. The predicted molar refractivity (Wildman–Crippen MR) is 105 cm³/mol. The van der Waals surface area contributed by atoms with Crippen LogP contribution in [0.2, 0.25) is 0 Å². The summed E-state index contributed by atoms with van der Waals surface area (Å²) in [5.74, 6) is 1.44. The van der Waals surface area contributed by atoms with Crippen LogP contribution in [0, 0.1) is 0 Å². The number of pyridine rings is 1. The van der Waals surface area contributed by atoms with Crippen LogP contribution in [0.5, 0.6) is 0 Å². The van der Waals surface area contributed by atoms with Gasteiger partial charge in [0.25, 0.3) is 0 Å². The van der Waals surface area contributed by atoms with Gasteiger partial charge in [0.1, 0.15) is 5.82 Å². The van der Waals surface area contributed by atoms with Crippen molar-refractivity contribution < 1.29 is 4.79 Å². The number of carbonyl (C=O) groups is 1. The zero-order valence-electron chi connectivity index (χ0n) is 16.1. The van der Waals surface area contributed by atoms with Crippen LogP contribution in [0.3, 0.4) is 0 Å². The minimum atomic E-state index is 0.228. The molecule has 1 fully saturated rings. The summed E-state index contributed by atoms with van der Waals surface area (Å²) in [7, 11) is 0. The van der Waals surface area contributed by atoms with Crippen molar-refractivity contribution in [2.75, 3.05) is 13.1 Å². The molecule has 7 heteroatoms. The molecular formula is C21H26N6O. The van der Waals surface area contributed by atoms with E-state index in [1.807, 2.05) is 29.3 Å². The standard InChI is InChI=1S/C21H26N6O/c28-20(11-10-18-16-7-1-2-8-17(16)22-23-18)26-12-5-6-15(14-26)21-25-24-19-9-3-4-13-27(19)21/h3-4,9,13,15H,1-2,5-8,10-12,14H2,(H,22,23). The molecule has 3 aromatic heterocycles. The Bertz CT molecular complexity index is 990. The lowest BCUT2D eigenvalue weighted by molar-refractivity contribution is -0.132. The van der Waals surface area contributed by atoms with E-state index in [0.717, 1.165) is 62.4 Å². The number of aromatic amines is 1. The fourth-order valence-corrected chi connectivity index (χ4v) is 4.69. The van der Waals surface area contributed by atoms with Crippen molar-refractivity contribution in [3.8, 4) is 0 Å². The van der Waals surface area contributed by atoms with Crippen LogP contribution in [0.4, 0.5) is 0 Å². The number of piperidine rings is 1. The minimum Gasteiger partial charge on any atom is -0.342 e. The number of nitrogens with zero attached hydrogens (tertiary/aromatic N) is 5. The summed E-state index contributed by atoms with van der Waals surface area (Å²) in [5, 5.41) is 16.3. The number of carbonyl (C=O) groups excluding carboxylic acids is 1. The number of hydrogen-bond donors (Lipinski definition) is 1. The van der Waals surface area contributed by atoms with Crippen molar-refractivity contribution >= 4 is 11.6 Å². The summed E-state index contributed by atoms with van der Waals surface area (Å²) in [4.78, 5) is 14.9. The molecule has 1 N–H and O–H groups in total. The van der Waals surface area contributed by atoms with Crippen molar-refractivity contribution in [2.24, 2.45) is 0 Å². The quantitative estimate of drug-likeness (QED) is 0.757. The molecule has 0 saturated carbocycles. The van der Waals surface area contributed by atoms with Crippen molar-refractivity contribution in [1.29, 1.82) is 0 Å². The van der Waals surface area contributed by atoms with Crippen LogP contribution in [0.25, 0.3) is 5.65 Å². The van der Waals surface area contributed by atoms with Gasteiger partial charge in [0.2, 0.25) is 5.91 Å². The van der Waals surface area contributed by atoms with Gasteiger partial charge in [-0.15, -0.1) is 10.2 Å². The summed E-state index contributed by atoms with van der Waals surface area (Å²) < 4.78 is 2.05. The van der Waals surface area contributed by atoms with E-state index in [1.165, 1.54) is 24.1 Å². The molecule has 1 amide bonds. The lowest BCUT2D eigenvalue weighted by Crippen LogP contribution is -2.39. The van der Waals surface area contributed by atoms with Gasteiger partial charge in [-0.05, 0) is 56.2 Å². The highest BCUT2D eigenvalue weighted by atomic mass is 16.2. The molecule has 0 aromatic carbocycles. The summed E-state index contributed by atoms with van der Waals surface area (Å²) in [6, 6.07) is 5.93. The number of rotatable bonds is 4. The minimum absolute atomic E-state index is 0.228. The van der Waals surface area contributed by atoms with Gasteiger partial charge in [-0.1, -0.05) is 6.07 Å². The summed E-state index contributed by atoms with van der Waals surface area (Å²) >= 11 is 0. The predicted octanol–water partition coefficient (Wildman–Crippen LogP) is 2.67. The van der Waals surface area contributed by atoms with Gasteiger partial charge in [-0.2, -0.15) is 5.10 Å². The number of aromatic nitrogens is 5. The highest BCUT2D eigenvalue weighted by Crippen LogP contribution is 2.27. The van der Waals surface area contributed by atoms with Gasteiger partial charge in [0, 0.05) is 43.7 Å². The molecule has 1 aliphatic carbocycles. The molecule has 1 atom stereocenters. The Morgan fingerprint density at radius 2 is 2.11 bits per heavy atom. The zero-order chi connectivity index (χ0) is 18.9. The number of H-pyrrole nitrogens is 1. The fourth-order valence-electron chi connectivity index (χ4n) is 4.69. The van der Waals surface area contributed by atoms with Crippen LogP contribution in [0.15, 0.2) is 24.4 Å². The van der Waals surface area contributed by atoms with E-state index >= 15 is 0 Å². The van der Waals surface area contributed by atoms with Crippen LogP contribution < -0.4 is 0 Å². The molecule has 1 saturated heterocycles. The maximum Gasteiger partial charge on any atom is 0.222 e. The monoisotopic (exact) mass is 378 g/mol. The number of fused-ring (bicyclic) bond motifs is 2. The molecule has 146 valence electrons. The Labute approximate surface area is 164 Å². The first-order valence-electron chi connectivity index (χ1n) is 10.4. The molecule has 3 aromatic rings. The Hall–Kier alpha value is -2.70. The number of amides is 1. The van der Waals surface area contributed by atoms with Crippen LogP contribution in [-0.2, 0) is 24.1 Å². The maximum atomic E-state index is 12.9. The highest BCUT2D eigenvalue weighted by molar-refractivity contribution is 5.76. The molecule has 0 radical (unpaired) electrons. The SMILES string of the molecule is O=C(CCc1n[nH]c2c1CCCC2)N1CCCC(c2nnc3ccccn23)C1. The van der Waals surface area contributed by atoms with Gasteiger partial charge in [-0.25, -0.2) is 0 Å². The third-order valence-corrected chi connectivity index (χ3v) is 6.20. The normalized spacial score (nSPS) is 19.7. The van der Waals surface area contributed by atoms with Gasteiger partial charge >= 0.3 is 0 Å². The highest BCUT2D eigenvalue weighted by Gasteiger charge is 2.28. The average molecular weight is 378 g/mol. The molecule has 4 heterocycles. The van der Waals surface area contributed by atoms with E-state index < -0.39 is 0 Å². The lowest BCUT2D eigenvalue weighted by Gasteiger charge is -2.32. The van der Waals surface area contributed by atoms with E-state index in [2.05, 4.69) is 24.8 Å². The summed E-state index contributed by atoms with van der Waals surface area (Å²) in [5.41, 5.74) is 4.61. The average Bonchev–Trinajstić information content (AvgIpc) is 3.36. The summed E-state index contributed by atoms with van der Waals surface area (Å²) in [6.45, 7) is 1.57. The van der Waals surface area contributed by atoms with Crippen LogP contribution in [-0.4, -0.2) is 48.7 Å². The third kappa shape index (κ3) is 3.19. The Morgan fingerprint density at radius 1 is 1.18 bits per heavy atom. The van der Waals surface area contributed by atoms with Gasteiger partial charge in [0.15, 0.2) is 5.65 Å². The smallest absolute Gasteiger partial charge is 0.222 e. The van der Waals surface area contributed by atoms with E-state index in [1.54, 1.807) is 0 Å². The number of hydrogen-bond acceptors (Lipinski definition) is 4. The lowest BCUT2D eigenvalue weighted by atomic mass is 9.94. The van der Waals surface area contributed by atoms with Gasteiger partial charge in [0.05, 0.1) is 5.69 Å². The molecule has 0 spiro atoms. The van der Waals surface area contributed by atoms with Crippen molar-refractivity contribution in [3.63, 3.8) is 0 Å². The number of likely N-dealkylation sites (tertiary alicyclic amines) is 1. The van der Waals surface area contributed by atoms with Gasteiger partial charge in [-0.3, -0.25) is 14.3 Å². The van der Waals surface area contributed by atoms with Crippen molar-refractivity contribution in [2.45, 2.75) is 57.3 Å². The Kier molecular flexibility index (Phi) is 4.58. The first-order chi connectivity index (χ1) is 13.8. The van der Waals surface area contributed by atoms with E-state index in [4.69, 9.17) is 0 Å².